The van der Waals surface area contributed by atoms with Crippen molar-refractivity contribution in [2.24, 2.45) is 5.92 Å². The van der Waals surface area contributed by atoms with Gasteiger partial charge >= 0.3 is 0 Å². The van der Waals surface area contributed by atoms with Gasteiger partial charge in [-0.25, -0.2) is 0 Å². The van der Waals surface area contributed by atoms with E-state index in [0.29, 0.717) is 12.7 Å². The van der Waals surface area contributed by atoms with Crippen molar-refractivity contribution in [1.82, 2.24) is 5.32 Å². The molecule has 1 fully saturated rings. The third-order valence-electron chi connectivity index (χ3n) is 3.58. The quantitative estimate of drug-likeness (QED) is 0.793. The minimum atomic E-state index is 0.366. The van der Waals surface area contributed by atoms with E-state index in [-0.39, 0.29) is 0 Å². The molecule has 3 heteroatoms. The lowest BCUT2D eigenvalue weighted by atomic mass is 10.1. The lowest BCUT2D eigenvalue weighted by molar-refractivity contribution is 0.174. The molecule has 1 N–H and O–H groups in total. The summed E-state index contributed by atoms with van der Waals surface area (Å²) < 4.78 is 10.7. The minimum absolute atomic E-state index is 0.366. The van der Waals surface area contributed by atoms with E-state index in [1.54, 1.807) is 0 Å². The summed E-state index contributed by atoms with van der Waals surface area (Å²) in [7, 11) is 0. The van der Waals surface area contributed by atoms with Crippen molar-refractivity contribution < 1.29 is 9.47 Å². The van der Waals surface area contributed by atoms with E-state index in [1.807, 2.05) is 6.07 Å². The average molecular weight is 233 g/mol. The molecule has 0 saturated heterocycles. The predicted molar refractivity (Wildman–Crippen MR) is 66.6 cm³/mol. The summed E-state index contributed by atoms with van der Waals surface area (Å²) in [5, 5.41) is 3.49. The second kappa shape index (κ2) is 4.57. The Bertz CT molecular complexity index is 405. The number of nitrogens with one attached hydrogen (secondary N) is 1. The Labute approximate surface area is 102 Å². The van der Waals surface area contributed by atoms with Crippen molar-refractivity contribution in [3.63, 3.8) is 0 Å². The summed E-state index contributed by atoms with van der Waals surface area (Å²) in [6.45, 7) is 4.84. The molecule has 2 atom stereocenters. The number of ether oxygens (including phenoxy) is 2. The van der Waals surface area contributed by atoms with Gasteiger partial charge in [0.05, 0.1) is 0 Å². The largest absolute Gasteiger partial charge is 0.454 e. The van der Waals surface area contributed by atoms with Gasteiger partial charge in [-0.2, -0.15) is 0 Å². The Morgan fingerprint density at radius 1 is 1.29 bits per heavy atom. The molecule has 0 aromatic heterocycles. The Hall–Kier alpha value is -1.22. The summed E-state index contributed by atoms with van der Waals surface area (Å²) in [6, 6.07) is 6.36. The van der Waals surface area contributed by atoms with Gasteiger partial charge < -0.3 is 14.8 Å². The van der Waals surface area contributed by atoms with E-state index in [2.05, 4.69) is 24.4 Å². The van der Waals surface area contributed by atoms with Crippen LogP contribution < -0.4 is 14.8 Å². The van der Waals surface area contributed by atoms with Gasteiger partial charge in [0.2, 0.25) is 6.79 Å². The van der Waals surface area contributed by atoms with Crippen molar-refractivity contribution in [3.8, 4) is 11.5 Å². The highest BCUT2D eigenvalue weighted by Gasteiger charge is 2.38. The van der Waals surface area contributed by atoms with Gasteiger partial charge in [-0.1, -0.05) is 13.0 Å². The highest BCUT2D eigenvalue weighted by atomic mass is 16.7. The van der Waals surface area contributed by atoms with Crippen LogP contribution in [0, 0.1) is 5.92 Å². The number of hydrogen-bond acceptors (Lipinski definition) is 3. The van der Waals surface area contributed by atoms with E-state index < -0.39 is 0 Å². The first-order valence-electron chi connectivity index (χ1n) is 6.48. The lowest BCUT2D eigenvalue weighted by Gasteiger charge is -2.04. The molecule has 1 aliphatic carbocycles. The van der Waals surface area contributed by atoms with Crippen LogP contribution >= 0.6 is 0 Å². The van der Waals surface area contributed by atoms with E-state index in [0.717, 1.165) is 30.5 Å². The summed E-state index contributed by atoms with van der Waals surface area (Å²) in [6.07, 6.45) is 2.51. The molecule has 3 rings (SSSR count). The van der Waals surface area contributed by atoms with Crippen LogP contribution in [-0.2, 0) is 0 Å². The minimum Gasteiger partial charge on any atom is -0.454 e. The Morgan fingerprint density at radius 3 is 3.06 bits per heavy atom. The fourth-order valence-electron chi connectivity index (χ4n) is 2.49. The van der Waals surface area contributed by atoms with Crippen molar-refractivity contribution >= 4 is 0 Å². The first-order valence-corrected chi connectivity index (χ1v) is 6.48. The van der Waals surface area contributed by atoms with Crippen LogP contribution in [0.4, 0.5) is 0 Å². The zero-order chi connectivity index (χ0) is 11.7. The number of fused-ring (bicyclic) bond motifs is 1. The molecule has 0 bridgehead atoms. The van der Waals surface area contributed by atoms with Crippen molar-refractivity contribution in [3.05, 3.63) is 23.8 Å². The maximum atomic E-state index is 5.41. The summed E-state index contributed by atoms with van der Waals surface area (Å²) in [4.78, 5) is 0. The SMILES string of the molecule is CCCNCC1CC1c1ccc2c(c1)OCO2. The van der Waals surface area contributed by atoms with Gasteiger partial charge in [0.1, 0.15) is 0 Å². The lowest BCUT2D eigenvalue weighted by Crippen LogP contribution is -2.17. The third-order valence-corrected chi connectivity index (χ3v) is 3.58. The molecule has 17 heavy (non-hydrogen) atoms. The molecular weight excluding hydrogens is 214 g/mol. The van der Waals surface area contributed by atoms with Crippen molar-refractivity contribution in [2.75, 3.05) is 19.9 Å². The molecule has 0 radical (unpaired) electrons. The Kier molecular flexibility index (Phi) is 2.93. The molecular formula is C14H19NO2. The normalized spacial score (nSPS) is 25.0. The number of benzene rings is 1. The molecule has 1 aliphatic heterocycles. The first-order chi connectivity index (χ1) is 8.38. The second-order valence-corrected chi connectivity index (χ2v) is 4.92. The average Bonchev–Trinajstić information content (AvgIpc) is 2.97. The highest BCUT2D eigenvalue weighted by molar-refractivity contribution is 5.46. The third kappa shape index (κ3) is 2.25. The molecule has 2 aliphatic rings. The monoisotopic (exact) mass is 233 g/mol. The second-order valence-electron chi connectivity index (χ2n) is 4.92. The van der Waals surface area contributed by atoms with Gasteiger partial charge in [0, 0.05) is 0 Å². The van der Waals surface area contributed by atoms with Gasteiger partial charge in [0.15, 0.2) is 11.5 Å². The molecule has 2 unspecified atom stereocenters. The summed E-state index contributed by atoms with van der Waals surface area (Å²) >= 11 is 0. The zero-order valence-corrected chi connectivity index (χ0v) is 10.2. The van der Waals surface area contributed by atoms with Crippen LogP contribution in [0.2, 0.25) is 0 Å². The van der Waals surface area contributed by atoms with E-state index in [9.17, 15) is 0 Å². The Morgan fingerprint density at radius 2 is 2.18 bits per heavy atom. The topological polar surface area (TPSA) is 30.5 Å². The zero-order valence-electron chi connectivity index (χ0n) is 10.2. The molecule has 1 aromatic rings. The summed E-state index contributed by atoms with van der Waals surface area (Å²) in [5.74, 6) is 3.32. The highest BCUT2D eigenvalue weighted by Crippen LogP contribution is 2.49. The van der Waals surface area contributed by atoms with Crippen molar-refractivity contribution in [1.29, 1.82) is 0 Å². The summed E-state index contributed by atoms with van der Waals surface area (Å²) in [5.41, 5.74) is 1.40. The van der Waals surface area contributed by atoms with Crippen LogP contribution in [0.5, 0.6) is 11.5 Å². The van der Waals surface area contributed by atoms with Gasteiger partial charge in [-0.3, -0.25) is 0 Å². The smallest absolute Gasteiger partial charge is 0.231 e. The van der Waals surface area contributed by atoms with Crippen molar-refractivity contribution in [2.45, 2.75) is 25.7 Å². The van der Waals surface area contributed by atoms with Crippen LogP contribution in [0.15, 0.2) is 18.2 Å². The predicted octanol–water partition coefficient (Wildman–Crippen LogP) is 2.52. The Balaban J connectivity index is 1.59. The fourth-order valence-corrected chi connectivity index (χ4v) is 2.49. The van der Waals surface area contributed by atoms with E-state index in [1.165, 1.54) is 18.4 Å². The van der Waals surface area contributed by atoms with Crippen LogP contribution in [0.1, 0.15) is 31.2 Å². The van der Waals surface area contributed by atoms with E-state index in [4.69, 9.17) is 9.47 Å². The molecule has 1 heterocycles. The fraction of sp³-hybridized carbons (Fsp3) is 0.571. The van der Waals surface area contributed by atoms with Gasteiger partial charge in [0.25, 0.3) is 0 Å². The molecule has 1 saturated carbocycles. The number of hydrogen-bond donors (Lipinski definition) is 1. The van der Waals surface area contributed by atoms with Crippen LogP contribution in [0.25, 0.3) is 0 Å². The molecule has 0 spiro atoms. The van der Waals surface area contributed by atoms with Gasteiger partial charge in [-0.05, 0) is 55.5 Å². The molecule has 1 aromatic carbocycles. The maximum Gasteiger partial charge on any atom is 0.231 e. The van der Waals surface area contributed by atoms with Crippen LogP contribution in [-0.4, -0.2) is 19.9 Å². The van der Waals surface area contributed by atoms with Crippen LogP contribution in [0.3, 0.4) is 0 Å². The standard InChI is InChI=1S/C14H19NO2/c1-2-5-15-8-11-6-12(11)10-3-4-13-14(7-10)17-9-16-13/h3-4,7,11-12,15H,2,5-6,8-9H2,1H3. The first kappa shape index (κ1) is 10.9. The molecule has 0 amide bonds. The van der Waals surface area contributed by atoms with Gasteiger partial charge in [-0.15, -0.1) is 0 Å². The maximum absolute atomic E-state index is 5.41. The molecule has 3 nitrogen and oxygen atoms in total. The van der Waals surface area contributed by atoms with E-state index >= 15 is 0 Å². The molecule has 92 valence electrons. The number of rotatable bonds is 5.